The summed E-state index contributed by atoms with van der Waals surface area (Å²) in [6.45, 7) is 1.74. The van der Waals surface area contributed by atoms with Gasteiger partial charge in [0.2, 0.25) is 10.4 Å². The van der Waals surface area contributed by atoms with Crippen LogP contribution in [0.1, 0.15) is 5.82 Å². The molecule has 0 unspecified atom stereocenters. The maximum absolute atomic E-state index is 5.66. The Bertz CT molecular complexity index is 413. The molecule has 2 heterocycles. The van der Waals surface area contributed by atoms with Gasteiger partial charge < -0.3 is 4.42 Å². The van der Waals surface area contributed by atoms with E-state index < -0.39 is 0 Å². The number of nitrogens with zero attached hydrogens (tertiary/aromatic N) is 4. The normalized spacial score (nSPS) is 10.4. The Labute approximate surface area is 89.0 Å². The van der Waals surface area contributed by atoms with E-state index in [0.29, 0.717) is 16.2 Å². The summed E-state index contributed by atoms with van der Waals surface area (Å²) < 4.78 is 5.03. The van der Waals surface area contributed by atoms with Crippen molar-refractivity contribution in [2.75, 3.05) is 0 Å². The van der Waals surface area contributed by atoms with Gasteiger partial charge in [-0.1, -0.05) is 0 Å². The molecule has 0 saturated carbocycles. The van der Waals surface area contributed by atoms with E-state index in [0.717, 1.165) is 0 Å². The molecule has 0 aliphatic heterocycles. The van der Waals surface area contributed by atoms with Crippen molar-refractivity contribution in [3.8, 4) is 0 Å². The predicted octanol–water partition coefficient (Wildman–Crippen LogP) is 1.97. The number of aromatic nitrogens is 4. The van der Waals surface area contributed by atoms with Gasteiger partial charge in [-0.3, -0.25) is 0 Å². The molecule has 0 saturated heterocycles. The van der Waals surface area contributed by atoms with Gasteiger partial charge >= 0.3 is 0 Å². The Morgan fingerprint density at radius 3 is 2.86 bits per heavy atom. The minimum Gasteiger partial charge on any atom is -0.440 e. The van der Waals surface area contributed by atoms with Gasteiger partial charge in [0.25, 0.3) is 5.22 Å². The molecule has 0 fully saturated rings. The summed E-state index contributed by atoms with van der Waals surface area (Å²) >= 11 is 6.86. The second-order valence-corrected chi connectivity index (χ2v) is 3.59. The zero-order valence-corrected chi connectivity index (χ0v) is 8.71. The van der Waals surface area contributed by atoms with Gasteiger partial charge in [-0.25, -0.2) is 15.0 Å². The van der Waals surface area contributed by atoms with Crippen LogP contribution in [0.5, 0.6) is 0 Å². The molecule has 0 radical (unpaired) electrons. The largest absolute Gasteiger partial charge is 0.440 e. The van der Waals surface area contributed by atoms with E-state index in [-0.39, 0.29) is 5.28 Å². The minimum absolute atomic E-state index is 0.173. The molecule has 14 heavy (non-hydrogen) atoms. The van der Waals surface area contributed by atoms with Crippen LogP contribution in [0.15, 0.2) is 27.3 Å². The van der Waals surface area contributed by atoms with E-state index in [1.165, 1.54) is 18.0 Å². The van der Waals surface area contributed by atoms with Crippen LogP contribution in [0.2, 0.25) is 5.28 Å². The highest BCUT2D eigenvalue weighted by Gasteiger charge is 2.06. The second-order valence-electron chi connectivity index (χ2n) is 2.33. The molecule has 0 spiro atoms. The molecule has 0 aromatic carbocycles. The number of oxazole rings is 1. The summed E-state index contributed by atoms with van der Waals surface area (Å²) in [4.78, 5) is 15.7. The van der Waals surface area contributed by atoms with E-state index in [4.69, 9.17) is 16.0 Å². The summed E-state index contributed by atoms with van der Waals surface area (Å²) in [5, 5.41) is 1.13. The first-order chi connectivity index (χ1) is 6.74. The SMILES string of the molecule is Cc1nc(Cl)nc(Sc2ncco2)n1. The monoisotopic (exact) mass is 228 g/mol. The van der Waals surface area contributed by atoms with Gasteiger partial charge in [-0.2, -0.15) is 4.98 Å². The Morgan fingerprint density at radius 2 is 2.21 bits per heavy atom. The van der Waals surface area contributed by atoms with E-state index >= 15 is 0 Å². The van der Waals surface area contributed by atoms with Gasteiger partial charge in [-0.15, -0.1) is 0 Å². The summed E-state index contributed by atoms with van der Waals surface area (Å²) in [6.07, 6.45) is 3.04. The molecule has 0 aliphatic rings. The summed E-state index contributed by atoms with van der Waals surface area (Å²) in [7, 11) is 0. The van der Waals surface area contributed by atoms with Crippen molar-refractivity contribution in [2.45, 2.75) is 17.3 Å². The van der Waals surface area contributed by atoms with Gasteiger partial charge in [0, 0.05) is 11.8 Å². The van der Waals surface area contributed by atoms with Crippen molar-refractivity contribution >= 4 is 23.4 Å². The lowest BCUT2D eigenvalue weighted by atomic mass is 10.7. The third-order valence-corrected chi connectivity index (χ3v) is 2.20. The first-order valence-electron chi connectivity index (χ1n) is 3.69. The Balaban J connectivity index is 2.25. The molecule has 2 aromatic rings. The molecule has 2 aromatic heterocycles. The smallest absolute Gasteiger partial charge is 0.263 e. The number of hydrogen-bond acceptors (Lipinski definition) is 6. The van der Waals surface area contributed by atoms with Gasteiger partial charge in [0.15, 0.2) is 0 Å². The van der Waals surface area contributed by atoms with Gasteiger partial charge in [-0.05, 0) is 18.5 Å². The summed E-state index contributed by atoms with van der Waals surface area (Å²) in [6, 6.07) is 0. The lowest BCUT2D eigenvalue weighted by Crippen LogP contribution is -1.94. The average Bonchev–Trinajstić information content (AvgIpc) is 2.54. The Hall–Kier alpha value is -1.14. The molecule has 5 nitrogen and oxygen atoms in total. The number of aryl methyl sites for hydroxylation is 1. The average molecular weight is 229 g/mol. The van der Waals surface area contributed by atoms with Crippen LogP contribution in [0.3, 0.4) is 0 Å². The lowest BCUT2D eigenvalue weighted by Gasteiger charge is -1.96. The quantitative estimate of drug-likeness (QED) is 0.783. The van der Waals surface area contributed by atoms with Crippen molar-refractivity contribution in [1.82, 2.24) is 19.9 Å². The van der Waals surface area contributed by atoms with Crippen molar-refractivity contribution in [3.63, 3.8) is 0 Å². The van der Waals surface area contributed by atoms with Crippen molar-refractivity contribution < 1.29 is 4.42 Å². The fourth-order valence-corrected chi connectivity index (χ4v) is 1.75. The molecule has 7 heteroatoms. The molecule has 0 atom stereocenters. The molecule has 0 aliphatic carbocycles. The van der Waals surface area contributed by atoms with Crippen molar-refractivity contribution in [3.05, 3.63) is 23.6 Å². The minimum atomic E-state index is 0.173. The van der Waals surface area contributed by atoms with Crippen LogP contribution >= 0.6 is 23.4 Å². The van der Waals surface area contributed by atoms with Crippen molar-refractivity contribution in [2.24, 2.45) is 0 Å². The van der Waals surface area contributed by atoms with Crippen LogP contribution in [-0.4, -0.2) is 19.9 Å². The number of rotatable bonds is 2. The van der Waals surface area contributed by atoms with Gasteiger partial charge in [0.1, 0.15) is 12.1 Å². The molecule has 0 amide bonds. The maximum Gasteiger partial charge on any atom is 0.263 e. The third-order valence-electron chi connectivity index (χ3n) is 1.29. The van der Waals surface area contributed by atoms with E-state index in [9.17, 15) is 0 Å². The first kappa shape index (κ1) is 9.42. The topological polar surface area (TPSA) is 64.7 Å². The maximum atomic E-state index is 5.66. The van der Waals surface area contributed by atoms with E-state index in [2.05, 4.69) is 19.9 Å². The molecule has 2 rings (SSSR count). The first-order valence-corrected chi connectivity index (χ1v) is 4.89. The van der Waals surface area contributed by atoms with Crippen LogP contribution in [0, 0.1) is 6.92 Å². The van der Waals surface area contributed by atoms with Crippen molar-refractivity contribution in [1.29, 1.82) is 0 Å². The Morgan fingerprint density at radius 1 is 1.36 bits per heavy atom. The second kappa shape index (κ2) is 3.93. The summed E-state index contributed by atoms with van der Waals surface area (Å²) in [5.74, 6) is 0.569. The summed E-state index contributed by atoms with van der Waals surface area (Å²) in [5.41, 5.74) is 0. The molecular weight excluding hydrogens is 224 g/mol. The zero-order chi connectivity index (χ0) is 9.97. The third kappa shape index (κ3) is 2.21. The zero-order valence-electron chi connectivity index (χ0n) is 7.14. The van der Waals surface area contributed by atoms with E-state index in [1.54, 1.807) is 13.1 Å². The molecule has 0 bridgehead atoms. The predicted molar refractivity (Wildman–Crippen MR) is 50.2 cm³/mol. The standard InChI is InChI=1S/C7H5ClN4OS/c1-4-10-5(8)12-6(11-4)14-7-9-2-3-13-7/h2-3H,1H3. The molecular formula is C7H5ClN4OS. The number of hydrogen-bond donors (Lipinski definition) is 0. The fourth-order valence-electron chi connectivity index (χ4n) is 0.810. The van der Waals surface area contributed by atoms with E-state index in [1.807, 2.05) is 0 Å². The Kier molecular flexibility index (Phi) is 2.64. The highest BCUT2D eigenvalue weighted by atomic mass is 35.5. The van der Waals surface area contributed by atoms with Crippen LogP contribution in [-0.2, 0) is 0 Å². The number of halogens is 1. The van der Waals surface area contributed by atoms with Crippen LogP contribution < -0.4 is 0 Å². The lowest BCUT2D eigenvalue weighted by molar-refractivity contribution is 0.453. The molecule has 72 valence electrons. The molecule has 0 N–H and O–H groups in total. The van der Waals surface area contributed by atoms with Crippen LogP contribution in [0.4, 0.5) is 0 Å². The highest BCUT2D eigenvalue weighted by molar-refractivity contribution is 7.98. The fraction of sp³-hybridized carbons (Fsp3) is 0.143. The highest BCUT2D eigenvalue weighted by Crippen LogP contribution is 2.22. The van der Waals surface area contributed by atoms with Gasteiger partial charge in [0.05, 0.1) is 6.20 Å². The van der Waals surface area contributed by atoms with Crippen LogP contribution in [0.25, 0.3) is 0 Å².